The Bertz CT molecular complexity index is 299. The van der Waals surface area contributed by atoms with E-state index in [9.17, 15) is 4.79 Å². The standard InChI is InChI=1S/C15H28N2O2/c1-4-19-15(18)14-10-16-5-6-17(14)13-8-11(2)7-12(3)9-13/h11-14,16H,4-10H2,1-3H3. The molecule has 4 nitrogen and oxygen atoms in total. The van der Waals surface area contributed by atoms with Crippen molar-refractivity contribution in [3.63, 3.8) is 0 Å². The molecule has 3 atom stereocenters. The van der Waals surface area contributed by atoms with Gasteiger partial charge < -0.3 is 10.1 Å². The van der Waals surface area contributed by atoms with E-state index in [1.807, 2.05) is 6.92 Å². The van der Waals surface area contributed by atoms with Crippen LogP contribution in [0.25, 0.3) is 0 Å². The summed E-state index contributed by atoms with van der Waals surface area (Å²) in [6, 6.07) is 0.464. The Balaban J connectivity index is 2.03. The van der Waals surface area contributed by atoms with E-state index in [2.05, 4.69) is 24.1 Å². The maximum absolute atomic E-state index is 12.1. The van der Waals surface area contributed by atoms with Crippen LogP contribution in [0.3, 0.4) is 0 Å². The highest BCUT2D eigenvalue weighted by Gasteiger charge is 2.37. The van der Waals surface area contributed by atoms with Crippen molar-refractivity contribution >= 4 is 5.97 Å². The van der Waals surface area contributed by atoms with Crippen molar-refractivity contribution < 1.29 is 9.53 Å². The molecular weight excluding hydrogens is 240 g/mol. The molecule has 1 heterocycles. The molecule has 1 N–H and O–H groups in total. The molecule has 1 saturated carbocycles. The Hall–Kier alpha value is -0.610. The highest BCUT2D eigenvalue weighted by atomic mass is 16.5. The molecule has 0 aromatic rings. The zero-order chi connectivity index (χ0) is 13.8. The van der Waals surface area contributed by atoms with Crippen LogP contribution in [-0.4, -0.2) is 49.2 Å². The second-order valence-corrected chi connectivity index (χ2v) is 6.28. The molecule has 3 unspecified atom stereocenters. The molecule has 0 spiro atoms. The van der Waals surface area contributed by atoms with Gasteiger partial charge >= 0.3 is 5.97 Å². The van der Waals surface area contributed by atoms with Crippen LogP contribution < -0.4 is 5.32 Å². The second-order valence-electron chi connectivity index (χ2n) is 6.28. The van der Waals surface area contributed by atoms with Crippen LogP contribution >= 0.6 is 0 Å². The van der Waals surface area contributed by atoms with Crippen molar-refractivity contribution in [3.05, 3.63) is 0 Å². The Morgan fingerprint density at radius 2 is 1.95 bits per heavy atom. The number of carbonyl (C=O) groups is 1. The zero-order valence-corrected chi connectivity index (χ0v) is 12.5. The summed E-state index contributed by atoms with van der Waals surface area (Å²) in [7, 11) is 0. The number of nitrogens with one attached hydrogen (secondary N) is 1. The third kappa shape index (κ3) is 3.69. The minimum Gasteiger partial charge on any atom is -0.465 e. The Kier molecular flexibility index (Phi) is 5.22. The summed E-state index contributed by atoms with van der Waals surface area (Å²) < 4.78 is 5.24. The third-order valence-corrected chi connectivity index (χ3v) is 4.47. The Labute approximate surface area is 116 Å². The zero-order valence-electron chi connectivity index (χ0n) is 12.5. The summed E-state index contributed by atoms with van der Waals surface area (Å²) in [4.78, 5) is 14.5. The predicted octanol–water partition coefficient (Wildman–Crippen LogP) is 1.65. The summed E-state index contributed by atoms with van der Waals surface area (Å²) in [6.45, 7) is 9.71. The topological polar surface area (TPSA) is 41.6 Å². The van der Waals surface area contributed by atoms with Gasteiger partial charge in [0.25, 0.3) is 0 Å². The van der Waals surface area contributed by atoms with Crippen LogP contribution in [0.2, 0.25) is 0 Å². The lowest BCUT2D eigenvalue weighted by atomic mass is 9.79. The van der Waals surface area contributed by atoms with Crippen LogP contribution in [0.5, 0.6) is 0 Å². The smallest absolute Gasteiger partial charge is 0.324 e. The van der Waals surface area contributed by atoms with Crippen LogP contribution in [-0.2, 0) is 9.53 Å². The number of piperazine rings is 1. The maximum Gasteiger partial charge on any atom is 0.324 e. The van der Waals surface area contributed by atoms with Gasteiger partial charge in [0.2, 0.25) is 0 Å². The summed E-state index contributed by atoms with van der Waals surface area (Å²) in [5, 5.41) is 3.32. The molecule has 2 rings (SSSR count). The first kappa shape index (κ1) is 14.8. The lowest BCUT2D eigenvalue weighted by Gasteiger charge is -2.44. The van der Waals surface area contributed by atoms with Crippen molar-refractivity contribution in [2.75, 3.05) is 26.2 Å². The highest BCUT2D eigenvalue weighted by Crippen LogP contribution is 2.32. The van der Waals surface area contributed by atoms with Gasteiger partial charge in [-0.05, 0) is 38.0 Å². The minimum absolute atomic E-state index is 0.0550. The SMILES string of the molecule is CCOC(=O)C1CNCCN1C1CC(C)CC(C)C1. The van der Waals surface area contributed by atoms with Crippen molar-refractivity contribution in [1.82, 2.24) is 10.2 Å². The average Bonchev–Trinajstić information content (AvgIpc) is 2.38. The fourth-order valence-electron chi connectivity index (χ4n) is 3.79. The molecule has 2 fully saturated rings. The molecule has 0 bridgehead atoms. The molecule has 0 amide bonds. The monoisotopic (exact) mass is 268 g/mol. The van der Waals surface area contributed by atoms with Crippen molar-refractivity contribution in [1.29, 1.82) is 0 Å². The number of hydrogen-bond acceptors (Lipinski definition) is 4. The molecule has 4 heteroatoms. The number of rotatable bonds is 3. The fourth-order valence-corrected chi connectivity index (χ4v) is 3.79. The lowest BCUT2D eigenvalue weighted by molar-refractivity contribution is -0.152. The first-order valence-electron chi connectivity index (χ1n) is 7.74. The van der Waals surface area contributed by atoms with Crippen LogP contribution in [0.4, 0.5) is 0 Å². The van der Waals surface area contributed by atoms with E-state index < -0.39 is 0 Å². The predicted molar refractivity (Wildman–Crippen MR) is 76.0 cm³/mol. The van der Waals surface area contributed by atoms with Gasteiger partial charge in [0, 0.05) is 25.7 Å². The minimum atomic E-state index is -0.0869. The van der Waals surface area contributed by atoms with Crippen LogP contribution in [0.15, 0.2) is 0 Å². The van der Waals surface area contributed by atoms with Gasteiger partial charge in [-0.15, -0.1) is 0 Å². The normalized spacial score (nSPS) is 37.0. The van der Waals surface area contributed by atoms with E-state index in [-0.39, 0.29) is 12.0 Å². The Morgan fingerprint density at radius 1 is 1.26 bits per heavy atom. The van der Waals surface area contributed by atoms with Crippen molar-refractivity contribution in [2.24, 2.45) is 11.8 Å². The highest BCUT2D eigenvalue weighted by molar-refractivity contribution is 5.76. The van der Waals surface area contributed by atoms with E-state index in [0.29, 0.717) is 12.6 Å². The van der Waals surface area contributed by atoms with E-state index >= 15 is 0 Å². The molecule has 19 heavy (non-hydrogen) atoms. The molecular formula is C15H28N2O2. The molecule has 110 valence electrons. The average molecular weight is 268 g/mol. The van der Waals surface area contributed by atoms with E-state index in [0.717, 1.165) is 31.5 Å². The molecule has 1 saturated heterocycles. The maximum atomic E-state index is 12.1. The fraction of sp³-hybridized carbons (Fsp3) is 0.933. The number of esters is 1. The number of carbonyl (C=O) groups excluding carboxylic acids is 1. The van der Waals surface area contributed by atoms with Crippen LogP contribution in [0.1, 0.15) is 40.0 Å². The van der Waals surface area contributed by atoms with Gasteiger partial charge in [0.15, 0.2) is 0 Å². The largest absolute Gasteiger partial charge is 0.465 e. The van der Waals surface area contributed by atoms with Gasteiger partial charge in [-0.2, -0.15) is 0 Å². The summed E-state index contributed by atoms with van der Waals surface area (Å²) >= 11 is 0. The molecule has 1 aliphatic carbocycles. The van der Waals surface area contributed by atoms with Gasteiger partial charge in [-0.1, -0.05) is 13.8 Å². The summed E-state index contributed by atoms with van der Waals surface area (Å²) in [6.07, 6.45) is 3.77. The number of hydrogen-bond donors (Lipinski definition) is 1. The first-order valence-corrected chi connectivity index (χ1v) is 7.74. The molecule has 0 radical (unpaired) electrons. The van der Waals surface area contributed by atoms with Crippen molar-refractivity contribution in [2.45, 2.75) is 52.1 Å². The first-order chi connectivity index (χ1) is 9.11. The second kappa shape index (κ2) is 6.71. The van der Waals surface area contributed by atoms with Gasteiger partial charge in [0.1, 0.15) is 6.04 Å². The number of nitrogens with zero attached hydrogens (tertiary/aromatic N) is 1. The van der Waals surface area contributed by atoms with Gasteiger partial charge in [0.05, 0.1) is 6.61 Å². The molecule has 1 aliphatic heterocycles. The summed E-state index contributed by atoms with van der Waals surface area (Å²) in [5.41, 5.74) is 0. The van der Waals surface area contributed by atoms with Crippen molar-refractivity contribution in [3.8, 4) is 0 Å². The third-order valence-electron chi connectivity index (χ3n) is 4.47. The molecule has 2 aliphatic rings. The molecule has 0 aromatic carbocycles. The van der Waals surface area contributed by atoms with E-state index in [1.54, 1.807) is 0 Å². The van der Waals surface area contributed by atoms with E-state index in [4.69, 9.17) is 4.74 Å². The van der Waals surface area contributed by atoms with Gasteiger partial charge in [-0.25, -0.2) is 0 Å². The van der Waals surface area contributed by atoms with Gasteiger partial charge in [-0.3, -0.25) is 9.69 Å². The molecule has 0 aromatic heterocycles. The van der Waals surface area contributed by atoms with Crippen LogP contribution in [0, 0.1) is 11.8 Å². The Morgan fingerprint density at radius 3 is 2.58 bits per heavy atom. The van der Waals surface area contributed by atoms with E-state index in [1.165, 1.54) is 19.3 Å². The summed E-state index contributed by atoms with van der Waals surface area (Å²) in [5.74, 6) is 1.48. The quantitative estimate of drug-likeness (QED) is 0.790. The lowest BCUT2D eigenvalue weighted by Crippen LogP contribution is -2.59. The number of ether oxygens (including phenoxy) is 1.